The number of esters is 2. The molecule has 1 fully saturated rings. The monoisotopic (exact) mass is 453 g/mol. The minimum absolute atomic E-state index is 0.00936. The van der Waals surface area contributed by atoms with Gasteiger partial charge in [0.1, 0.15) is 11.8 Å². The second kappa shape index (κ2) is 7.55. The number of carbonyl (C=O) groups excluding carboxylic acids is 3. The molecule has 7 heteroatoms. The van der Waals surface area contributed by atoms with Crippen molar-refractivity contribution >= 4 is 28.6 Å². The van der Waals surface area contributed by atoms with Crippen LogP contribution in [0.1, 0.15) is 63.0 Å². The van der Waals surface area contributed by atoms with Gasteiger partial charge >= 0.3 is 11.9 Å². The Morgan fingerprint density at radius 2 is 1.76 bits per heavy atom. The number of ether oxygens (including phenoxy) is 3. The Bertz CT molecular complexity index is 1160. The fourth-order valence-electron chi connectivity index (χ4n) is 4.91. The van der Waals surface area contributed by atoms with Crippen LogP contribution in [-0.2, 0) is 35.8 Å². The fourth-order valence-corrected chi connectivity index (χ4v) is 4.91. The zero-order valence-corrected chi connectivity index (χ0v) is 20.3. The first-order valence-electron chi connectivity index (χ1n) is 11.1. The maximum absolute atomic E-state index is 13.8. The minimum atomic E-state index is -1.40. The lowest BCUT2D eigenvalue weighted by Crippen LogP contribution is -2.53. The Kier molecular flexibility index (Phi) is 5.32. The highest BCUT2D eigenvalue weighted by Crippen LogP contribution is 2.51. The van der Waals surface area contributed by atoms with E-state index in [2.05, 4.69) is 0 Å². The molecule has 1 amide bonds. The molecule has 2 aliphatic heterocycles. The highest BCUT2D eigenvalue weighted by Gasteiger charge is 2.65. The van der Waals surface area contributed by atoms with Crippen molar-refractivity contribution in [2.75, 3.05) is 13.7 Å². The van der Waals surface area contributed by atoms with E-state index in [9.17, 15) is 14.4 Å². The molecule has 2 aromatic carbocycles. The van der Waals surface area contributed by atoms with Crippen molar-refractivity contribution in [1.82, 2.24) is 4.90 Å². The van der Waals surface area contributed by atoms with E-state index in [4.69, 9.17) is 14.2 Å². The van der Waals surface area contributed by atoms with Crippen LogP contribution in [0.2, 0.25) is 0 Å². The van der Waals surface area contributed by atoms with Gasteiger partial charge in [-0.2, -0.15) is 0 Å². The summed E-state index contributed by atoms with van der Waals surface area (Å²) >= 11 is 0. The number of amides is 1. The first kappa shape index (κ1) is 23.2. The maximum atomic E-state index is 13.8. The molecule has 2 aromatic rings. The van der Waals surface area contributed by atoms with Crippen LogP contribution in [0, 0.1) is 5.41 Å². The van der Waals surface area contributed by atoms with Crippen LogP contribution in [0.25, 0.3) is 10.8 Å². The molecule has 0 aliphatic carbocycles. The highest BCUT2D eigenvalue weighted by atomic mass is 16.6. The van der Waals surface area contributed by atoms with Gasteiger partial charge in [0, 0.05) is 11.0 Å². The highest BCUT2D eigenvalue weighted by molar-refractivity contribution is 6.15. The number of carbonyl (C=O) groups is 3. The van der Waals surface area contributed by atoms with Crippen LogP contribution in [0.3, 0.4) is 0 Å². The first-order chi connectivity index (χ1) is 15.3. The summed E-state index contributed by atoms with van der Waals surface area (Å²) in [5.41, 5.74) is -0.780. The van der Waals surface area contributed by atoms with E-state index in [0.717, 1.165) is 5.39 Å². The molecular weight excluding hydrogens is 422 g/mol. The molecule has 2 atom stereocenters. The summed E-state index contributed by atoms with van der Waals surface area (Å²) in [7, 11) is 1.31. The number of benzene rings is 2. The summed E-state index contributed by atoms with van der Waals surface area (Å²) in [4.78, 5) is 41.3. The largest absolute Gasteiger partial charge is 0.467 e. The fraction of sp³-hybridized carbons (Fsp3) is 0.500. The van der Waals surface area contributed by atoms with Crippen molar-refractivity contribution in [3.8, 4) is 0 Å². The van der Waals surface area contributed by atoms with Crippen molar-refractivity contribution < 1.29 is 28.6 Å². The van der Waals surface area contributed by atoms with Crippen molar-refractivity contribution in [2.45, 2.75) is 65.3 Å². The van der Waals surface area contributed by atoms with E-state index in [1.54, 1.807) is 6.07 Å². The molecule has 2 heterocycles. The summed E-state index contributed by atoms with van der Waals surface area (Å²) in [6.07, 6.45) is -0.593. The molecule has 0 radical (unpaired) electrons. The lowest BCUT2D eigenvalue weighted by molar-refractivity contribution is -0.154. The molecule has 0 unspecified atom stereocenters. The smallest absolute Gasteiger partial charge is 0.339 e. The third kappa shape index (κ3) is 3.59. The first-order valence-corrected chi connectivity index (χ1v) is 11.1. The van der Waals surface area contributed by atoms with Gasteiger partial charge in [0.25, 0.3) is 5.91 Å². The third-order valence-corrected chi connectivity index (χ3v) is 6.12. The molecule has 7 nitrogen and oxygen atoms in total. The molecule has 0 aromatic heterocycles. The zero-order chi connectivity index (χ0) is 24.3. The third-order valence-electron chi connectivity index (χ3n) is 6.12. The Hall–Kier alpha value is -2.93. The van der Waals surface area contributed by atoms with Gasteiger partial charge in [0.05, 0.1) is 25.7 Å². The molecule has 176 valence electrons. The number of hydrogen-bond donors (Lipinski definition) is 0. The van der Waals surface area contributed by atoms with Gasteiger partial charge < -0.3 is 14.2 Å². The van der Waals surface area contributed by atoms with Crippen LogP contribution in [0.15, 0.2) is 30.3 Å². The van der Waals surface area contributed by atoms with Gasteiger partial charge in [0.15, 0.2) is 5.54 Å². The molecule has 0 saturated carbocycles. The molecule has 4 rings (SSSR count). The minimum Gasteiger partial charge on any atom is -0.467 e. The second-order valence-corrected chi connectivity index (χ2v) is 10.8. The summed E-state index contributed by atoms with van der Waals surface area (Å²) in [6, 6.07) is 9.23. The van der Waals surface area contributed by atoms with E-state index in [0.29, 0.717) is 22.1 Å². The molecule has 1 saturated heterocycles. The van der Waals surface area contributed by atoms with E-state index in [1.165, 1.54) is 12.0 Å². The summed E-state index contributed by atoms with van der Waals surface area (Å²) in [6.45, 7) is 11.3. The van der Waals surface area contributed by atoms with E-state index < -0.39 is 28.8 Å². The lowest BCUT2D eigenvalue weighted by Gasteiger charge is -2.36. The Balaban J connectivity index is 1.95. The Labute approximate surface area is 194 Å². The number of hydrogen-bond acceptors (Lipinski definition) is 6. The number of fused-ring (bicyclic) bond motifs is 5. The normalized spacial score (nSPS) is 22.3. The lowest BCUT2D eigenvalue weighted by atomic mass is 9.85. The van der Waals surface area contributed by atoms with Crippen LogP contribution >= 0.6 is 0 Å². The average Bonchev–Trinajstić information content (AvgIpc) is 3.22. The summed E-state index contributed by atoms with van der Waals surface area (Å²) in [5, 5.41) is 1.48. The van der Waals surface area contributed by atoms with Gasteiger partial charge in [-0.15, -0.1) is 0 Å². The quantitative estimate of drug-likeness (QED) is 0.655. The standard InChI is InChI=1S/C26H31NO6/c1-24(2,3)22-27-21(29)20-17-11-9-8-10-16(17)15(13-19(28)33-25(4,5)6)12-18(20)26(27,14-32-22)23(30)31-7/h8-12,22H,13-14H2,1-7H3/t22-,26-/m1/s1. The molecule has 0 N–H and O–H groups in total. The topological polar surface area (TPSA) is 82.1 Å². The second-order valence-electron chi connectivity index (χ2n) is 10.8. The summed E-state index contributed by atoms with van der Waals surface area (Å²) < 4.78 is 16.8. The van der Waals surface area contributed by atoms with Crippen LogP contribution in [0.4, 0.5) is 0 Å². The van der Waals surface area contributed by atoms with Crippen molar-refractivity contribution in [3.63, 3.8) is 0 Å². The number of methoxy groups -OCH3 is 1. The molecule has 0 bridgehead atoms. The molecule has 0 spiro atoms. The van der Waals surface area contributed by atoms with Crippen LogP contribution in [-0.4, -0.2) is 48.3 Å². The predicted molar refractivity (Wildman–Crippen MR) is 123 cm³/mol. The van der Waals surface area contributed by atoms with Gasteiger partial charge in [-0.1, -0.05) is 51.1 Å². The van der Waals surface area contributed by atoms with Crippen LogP contribution in [0.5, 0.6) is 0 Å². The van der Waals surface area contributed by atoms with E-state index in [1.807, 2.05) is 65.8 Å². The number of rotatable bonds is 3. The van der Waals surface area contributed by atoms with E-state index >= 15 is 0 Å². The van der Waals surface area contributed by atoms with Gasteiger partial charge in [0.2, 0.25) is 0 Å². The van der Waals surface area contributed by atoms with Gasteiger partial charge in [-0.3, -0.25) is 14.5 Å². The maximum Gasteiger partial charge on any atom is 0.339 e. The van der Waals surface area contributed by atoms with Gasteiger partial charge in [-0.05, 0) is 37.1 Å². The molecule has 33 heavy (non-hydrogen) atoms. The summed E-state index contributed by atoms with van der Waals surface area (Å²) in [5.74, 6) is -1.20. The van der Waals surface area contributed by atoms with Crippen LogP contribution < -0.4 is 0 Å². The SMILES string of the molecule is COC(=O)[C@]12CO[C@H](C(C)(C)C)N1C(=O)c1c2cc(CC(=O)OC(C)(C)C)c2ccccc12. The Morgan fingerprint density at radius 3 is 2.33 bits per heavy atom. The molecular formula is C26H31NO6. The van der Waals surface area contributed by atoms with Crippen molar-refractivity contribution in [3.05, 3.63) is 47.0 Å². The zero-order valence-electron chi connectivity index (χ0n) is 20.3. The Morgan fingerprint density at radius 1 is 1.12 bits per heavy atom. The predicted octanol–water partition coefficient (Wildman–Crippen LogP) is 3.95. The van der Waals surface area contributed by atoms with Crippen molar-refractivity contribution in [1.29, 1.82) is 0 Å². The van der Waals surface area contributed by atoms with Gasteiger partial charge in [-0.25, -0.2) is 4.79 Å². The number of nitrogens with zero attached hydrogens (tertiary/aromatic N) is 1. The average molecular weight is 454 g/mol. The van der Waals surface area contributed by atoms with E-state index in [-0.39, 0.29) is 24.9 Å². The van der Waals surface area contributed by atoms with Crippen molar-refractivity contribution in [2.24, 2.45) is 5.41 Å². The molecule has 2 aliphatic rings.